The predicted molar refractivity (Wildman–Crippen MR) is 136 cm³/mol. The van der Waals surface area contributed by atoms with Gasteiger partial charge in [0.15, 0.2) is 6.29 Å². The number of hydrogen-bond donors (Lipinski definition) is 2. The second-order valence-corrected chi connectivity index (χ2v) is 9.33. The van der Waals surface area contributed by atoms with Crippen molar-refractivity contribution < 1.29 is 18.0 Å². The standard InChI is InChI=1S/C27H30F3N5O/c1-34(2)22-12-10-19(11-13-22)33-25-6-3-7-26-24(25)15-23(35(26)18-27(28,29)30)5-4-14-31-20-8-9-21(17-36)32-16-20/h3,6-9,15-17,19,22,31,33H,10-14,18H2,1-2H3. The molecule has 0 amide bonds. The fourth-order valence-corrected chi connectivity index (χ4v) is 4.68. The number of pyridine rings is 1. The molecular formula is C27H30F3N5O. The van der Waals surface area contributed by atoms with Gasteiger partial charge < -0.3 is 20.1 Å². The summed E-state index contributed by atoms with van der Waals surface area (Å²) in [5, 5.41) is 7.36. The van der Waals surface area contributed by atoms with Gasteiger partial charge in [-0.05, 0) is 76.0 Å². The van der Waals surface area contributed by atoms with Crippen molar-refractivity contribution in [2.75, 3.05) is 31.3 Å². The molecule has 2 heterocycles. The first-order valence-electron chi connectivity index (χ1n) is 12.0. The molecule has 6 nitrogen and oxygen atoms in total. The van der Waals surface area contributed by atoms with Crippen LogP contribution < -0.4 is 10.6 Å². The first-order chi connectivity index (χ1) is 17.2. The summed E-state index contributed by atoms with van der Waals surface area (Å²) in [6, 6.07) is 11.3. The van der Waals surface area contributed by atoms with Crippen molar-refractivity contribution in [1.29, 1.82) is 0 Å². The molecule has 1 aliphatic rings. The summed E-state index contributed by atoms with van der Waals surface area (Å²) >= 11 is 0. The van der Waals surface area contributed by atoms with Gasteiger partial charge in [-0.25, -0.2) is 0 Å². The molecule has 1 aliphatic carbocycles. The lowest BCUT2D eigenvalue weighted by Gasteiger charge is -2.33. The van der Waals surface area contributed by atoms with Crippen molar-refractivity contribution >= 4 is 28.6 Å². The number of aldehydes is 1. The van der Waals surface area contributed by atoms with E-state index >= 15 is 0 Å². The Balaban J connectivity index is 1.55. The van der Waals surface area contributed by atoms with Gasteiger partial charge in [0.25, 0.3) is 0 Å². The molecule has 9 heteroatoms. The number of aromatic nitrogens is 2. The van der Waals surface area contributed by atoms with E-state index in [1.807, 2.05) is 6.07 Å². The average Bonchev–Trinajstić information content (AvgIpc) is 3.19. The zero-order valence-corrected chi connectivity index (χ0v) is 20.4. The van der Waals surface area contributed by atoms with E-state index < -0.39 is 12.7 Å². The molecule has 0 atom stereocenters. The van der Waals surface area contributed by atoms with Crippen molar-refractivity contribution in [3.63, 3.8) is 0 Å². The zero-order valence-electron chi connectivity index (χ0n) is 20.4. The molecule has 0 bridgehead atoms. The highest BCUT2D eigenvalue weighted by Gasteiger charge is 2.30. The van der Waals surface area contributed by atoms with Crippen molar-refractivity contribution in [1.82, 2.24) is 14.5 Å². The summed E-state index contributed by atoms with van der Waals surface area (Å²) in [5.41, 5.74) is 2.64. The molecule has 3 aromatic rings. The first kappa shape index (κ1) is 25.6. The van der Waals surface area contributed by atoms with Crippen molar-refractivity contribution in [3.8, 4) is 11.8 Å². The second kappa shape index (κ2) is 11.0. The fourth-order valence-electron chi connectivity index (χ4n) is 4.68. The number of benzene rings is 1. The third kappa shape index (κ3) is 6.38. The van der Waals surface area contributed by atoms with Gasteiger partial charge in [0.1, 0.15) is 12.2 Å². The number of carbonyl (C=O) groups excluding carboxylic acids is 1. The van der Waals surface area contributed by atoms with E-state index in [0.717, 1.165) is 36.8 Å². The maximum atomic E-state index is 13.4. The lowest BCUT2D eigenvalue weighted by atomic mass is 9.90. The van der Waals surface area contributed by atoms with Gasteiger partial charge in [-0.1, -0.05) is 12.0 Å². The van der Waals surface area contributed by atoms with Gasteiger partial charge in [-0.2, -0.15) is 13.2 Å². The molecule has 1 saturated carbocycles. The van der Waals surface area contributed by atoms with E-state index in [0.29, 0.717) is 34.9 Å². The van der Waals surface area contributed by atoms with E-state index in [2.05, 4.69) is 46.5 Å². The van der Waals surface area contributed by atoms with Crippen LogP contribution in [0, 0.1) is 11.8 Å². The van der Waals surface area contributed by atoms with Gasteiger partial charge in [0, 0.05) is 23.2 Å². The zero-order chi connectivity index (χ0) is 25.7. The number of halogens is 3. The summed E-state index contributed by atoms with van der Waals surface area (Å²) in [5.74, 6) is 5.82. The minimum Gasteiger partial charge on any atom is -0.382 e. The molecule has 36 heavy (non-hydrogen) atoms. The molecule has 0 spiro atoms. The number of alkyl halides is 3. The van der Waals surface area contributed by atoms with Crippen LogP contribution in [-0.2, 0) is 6.54 Å². The van der Waals surface area contributed by atoms with Crippen LogP contribution in [0.15, 0.2) is 42.6 Å². The van der Waals surface area contributed by atoms with Gasteiger partial charge in [0.05, 0.1) is 29.6 Å². The van der Waals surface area contributed by atoms with Crippen LogP contribution in [0.4, 0.5) is 24.5 Å². The number of nitrogens with zero attached hydrogens (tertiary/aromatic N) is 3. The van der Waals surface area contributed by atoms with E-state index in [9.17, 15) is 18.0 Å². The fraction of sp³-hybridized carbons (Fsp3) is 0.407. The van der Waals surface area contributed by atoms with Crippen molar-refractivity contribution in [3.05, 3.63) is 54.0 Å². The molecule has 0 radical (unpaired) electrons. The topological polar surface area (TPSA) is 62.2 Å². The Hall–Kier alpha value is -3.51. The van der Waals surface area contributed by atoms with Gasteiger partial charge in [-0.3, -0.25) is 9.78 Å². The minimum atomic E-state index is -4.37. The number of anilines is 2. The third-order valence-corrected chi connectivity index (χ3v) is 6.57. The van der Waals surface area contributed by atoms with Crippen LogP contribution in [0.25, 0.3) is 10.9 Å². The van der Waals surface area contributed by atoms with Crippen LogP contribution >= 0.6 is 0 Å². The summed E-state index contributed by atoms with van der Waals surface area (Å²) in [4.78, 5) is 16.9. The predicted octanol–water partition coefficient (Wildman–Crippen LogP) is 5.16. The summed E-state index contributed by atoms with van der Waals surface area (Å²) in [6.07, 6.45) is 2.00. The second-order valence-electron chi connectivity index (χ2n) is 9.33. The molecule has 1 fully saturated rings. The smallest absolute Gasteiger partial charge is 0.382 e. The number of nitrogens with one attached hydrogen (secondary N) is 2. The first-order valence-corrected chi connectivity index (χ1v) is 12.0. The number of carbonyl (C=O) groups is 1. The molecule has 1 aromatic carbocycles. The number of rotatable bonds is 7. The molecule has 2 N–H and O–H groups in total. The lowest BCUT2D eigenvalue weighted by Crippen LogP contribution is -2.36. The van der Waals surface area contributed by atoms with Crippen LogP contribution in [0.1, 0.15) is 41.9 Å². The summed E-state index contributed by atoms with van der Waals surface area (Å²) < 4.78 is 41.6. The van der Waals surface area contributed by atoms with Gasteiger partial charge in [0.2, 0.25) is 0 Å². The van der Waals surface area contributed by atoms with Crippen molar-refractivity contribution in [2.24, 2.45) is 0 Å². The van der Waals surface area contributed by atoms with E-state index in [1.165, 1.54) is 10.8 Å². The highest BCUT2D eigenvalue weighted by Crippen LogP contribution is 2.32. The van der Waals surface area contributed by atoms with Crippen LogP contribution in [-0.4, -0.2) is 59.6 Å². The Morgan fingerprint density at radius 2 is 1.94 bits per heavy atom. The number of fused-ring (bicyclic) bond motifs is 1. The van der Waals surface area contributed by atoms with Crippen LogP contribution in [0.5, 0.6) is 0 Å². The summed E-state index contributed by atoms with van der Waals surface area (Å²) in [6.45, 7) is -0.891. The average molecular weight is 498 g/mol. The molecule has 0 saturated heterocycles. The lowest BCUT2D eigenvalue weighted by molar-refractivity contribution is -0.140. The van der Waals surface area contributed by atoms with Crippen LogP contribution in [0.2, 0.25) is 0 Å². The SMILES string of the molecule is CN(C)C1CCC(Nc2cccc3c2cc(C#CCNc2ccc(C=O)nc2)n3CC(F)(F)F)CC1. The normalized spacial score (nSPS) is 18.1. The Labute approximate surface area is 208 Å². The quantitative estimate of drug-likeness (QED) is 0.349. The van der Waals surface area contributed by atoms with Crippen LogP contribution in [0.3, 0.4) is 0 Å². The summed E-state index contributed by atoms with van der Waals surface area (Å²) in [7, 11) is 4.20. The Kier molecular flexibility index (Phi) is 7.85. The Morgan fingerprint density at radius 1 is 1.17 bits per heavy atom. The Morgan fingerprint density at radius 3 is 2.58 bits per heavy atom. The van der Waals surface area contributed by atoms with Gasteiger partial charge in [-0.15, -0.1) is 0 Å². The van der Waals surface area contributed by atoms with E-state index in [4.69, 9.17) is 0 Å². The molecular weight excluding hydrogens is 467 g/mol. The van der Waals surface area contributed by atoms with Crippen molar-refractivity contribution in [2.45, 2.75) is 50.5 Å². The highest BCUT2D eigenvalue weighted by atomic mass is 19.4. The minimum absolute atomic E-state index is 0.218. The Bertz CT molecular complexity index is 1250. The monoisotopic (exact) mass is 497 g/mol. The van der Waals surface area contributed by atoms with Gasteiger partial charge >= 0.3 is 6.18 Å². The largest absolute Gasteiger partial charge is 0.406 e. The molecule has 190 valence electrons. The number of hydrogen-bond acceptors (Lipinski definition) is 5. The third-order valence-electron chi connectivity index (χ3n) is 6.57. The maximum Gasteiger partial charge on any atom is 0.406 e. The molecule has 0 unspecified atom stereocenters. The highest BCUT2D eigenvalue weighted by molar-refractivity contribution is 5.94. The van der Waals surface area contributed by atoms with E-state index in [1.54, 1.807) is 30.3 Å². The molecule has 4 rings (SSSR count). The molecule has 0 aliphatic heterocycles. The molecule has 2 aromatic heterocycles. The van der Waals surface area contributed by atoms with E-state index in [-0.39, 0.29) is 12.6 Å². The maximum absolute atomic E-state index is 13.4.